The predicted molar refractivity (Wildman–Crippen MR) is 70.3 cm³/mol. The Morgan fingerprint density at radius 3 is 3.00 bits per heavy atom. The summed E-state index contributed by atoms with van der Waals surface area (Å²) in [5, 5.41) is 8.20. The van der Waals surface area contributed by atoms with Crippen LogP contribution in [0, 0.1) is 0 Å². The van der Waals surface area contributed by atoms with E-state index in [1.807, 2.05) is 11.5 Å². The fourth-order valence-corrected chi connectivity index (χ4v) is 4.46. The van der Waals surface area contributed by atoms with Crippen LogP contribution >= 0.6 is 33.3 Å². The minimum absolute atomic E-state index is 0.121. The van der Waals surface area contributed by atoms with Gasteiger partial charge in [0, 0.05) is 7.05 Å². The molecule has 0 saturated carbocycles. The van der Waals surface area contributed by atoms with E-state index in [0.29, 0.717) is 13.0 Å². The van der Waals surface area contributed by atoms with E-state index in [1.54, 1.807) is 4.90 Å². The van der Waals surface area contributed by atoms with Crippen molar-refractivity contribution in [3.63, 3.8) is 0 Å². The summed E-state index contributed by atoms with van der Waals surface area (Å²) in [6, 6.07) is 0. The monoisotopic (exact) mass is 280 g/mol. The molecule has 1 aromatic heterocycles. The lowest BCUT2D eigenvalue weighted by molar-refractivity contribution is -0.130. The fraction of sp³-hybridized carbons (Fsp3) is 0.500. The molecular formula is C6H12N4OP4. The lowest BCUT2D eigenvalue weighted by Gasteiger charge is -2.23. The Labute approximate surface area is 95.4 Å². The lowest BCUT2D eigenvalue weighted by Crippen LogP contribution is -2.33. The van der Waals surface area contributed by atoms with Gasteiger partial charge in [-0.25, -0.2) is 4.45 Å². The number of hydrogen-bond donors (Lipinski definition) is 0. The van der Waals surface area contributed by atoms with E-state index in [2.05, 4.69) is 28.2 Å². The highest BCUT2D eigenvalue weighted by molar-refractivity contribution is 8.60. The number of aromatic nitrogens is 3. The van der Waals surface area contributed by atoms with Gasteiger partial charge in [0.25, 0.3) is 0 Å². The smallest absolute Gasteiger partial charge is 0.228 e. The fourth-order valence-electron chi connectivity index (χ4n) is 1.43. The summed E-state index contributed by atoms with van der Waals surface area (Å²) in [5.74, 6) is 0.121. The highest BCUT2D eigenvalue weighted by Crippen LogP contribution is 2.66. The molecule has 5 nitrogen and oxygen atoms in total. The van der Waals surface area contributed by atoms with Crippen molar-refractivity contribution in [2.75, 3.05) is 7.05 Å². The van der Waals surface area contributed by atoms with Gasteiger partial charge in [0.15, 0.2) is 0 Å². The van der Waals surface area contributed by atoms with Gasteiger partial charge >= 0.3 is 0 Å². The second kappa shape index (κ2) is 4.68. The van der Waals surface area contributed by atoms with E-state index >= 15 is 0 Å². The Kier molecular flexibility index (Phi) is 3.68. The number of likely N-dealkylation sites (N-methyl/N-ethyl adjacent to an activating group) is 1. The number of fused-ring (bicyclic) bond motifs is 1. The number of amides is 1. The summed E-state index contributed by atoms with van der Waals surface area (Å²) < 4.78 is 1.96. The summed E-state index contributed by atoms with van der Waals surface area (Å²) in [5.41, 5.74) is 1.93. The van der Waals surface area contributed by atoms with Crippen molar-refractivity contribution < 1.29 is 4.79 Å². The van der Waals surface area contributed by atoms with E-state index in [0.717, 1.165) is 19.3 Å². The number of carbonyl (C=O) groups excluding carboxylic acids is 1. The van der Waals surface area contributed by atoms with Crippen LogP contribution < -0.4 is 0 Å². The maximum absolute atomic E-state index is 11.5. The first-order valence-electron chi connectivity index (χ1n) is 4.32. The molecule has 2 rings (SSSR count). The maximum Gasteiger partial charge on any atom is 0.228 e. The van der Waals surface area contributed by atoms with Crippen molar-refractivity contribution in [1.82, 2.24) is 19.7 Å². The first-order valence-corrected chi connectivity index (χ1v) is 10.9. The Morgan fingerprint density at radius 2 is 2.33 bits per heavy atom. The SMILES string of the molecule is CN1Cc2c(nnn2P(P)PP)CC1=O. The molecule has 1 amide bonds. The highest BCUT2D eigenvalue weighted by atomic mass is 32.6. The molecule has 0 aliphatic carbocycles. The molecule has 82 valence electrons. The highest BCUT2D eigenvalue weighted by Gasteiger charge is 2.26. The minimum Gasteiger partial charge on any atom is -0.339 e. The Bertz CT molecular complexity index is 394. The maximum atomic E-state index is 11.5. The van der Waals surface area contributed by atoms with Crippen molar-refractivity contribution >= 4 is 39.2 Å². The van der Waals surface area contributed by atoms with Gasteiger partial charge in [-0.3, -0.25) is 4.79 Å². The number of hydrogen-bond acceptors (Lipinski definition) is 3. The second-order valence-electron chi connectivity index (χ2n) is 3.27. The molecule has 0 bridgehead atoms. The van der Waals surface area contributed by atoms with E-state index < -0.39 is 0 Å². The van der Waals surface area contributed by atoms with Crippen LogP contribution in [0.4, 0.5) is 0 Å². The van der Waals surface area contributed by atoms with E-state index in [-0.39, 0.29) is 13.4 Å². The van der Waals surface area contributed by atoms with E-state index in [1.165, 1.54) is 0 Å². The molecule has 1 aliphatic heterocycles. The third kappa shape index (κ3) is 2.22. The van der Waals surface area contributed by atoms with Gasteiger partial charge in [0.2, 0.25) is 5.91 Å². The first kappa shape index (κ1) is 11.8. The van der Waals surface area contributed by atoms with Crippen molar-refractivity contribution in [2.24, 2.45) is 0 Å². The molecule has 2 heterocycles. The van der Waals surface area contributed by atoms with Crippen LogP contribution in [0.3, 0.4) is 0 Å². The van der Waals surface area contributed by atoms with Gasteiger partial charge < -0.3 is 4.90 Å². The van der Waals surface area contributed by atoms with Gasteiger partial charge in [-0.05, 0) is 7.96 Å². The average molecular weight is 280 g/mol. The predicted octanol–water partition coefficient (Wildman–Crippen LogP) is 1.21. The molecule has 0 spiro atoms. The first-order chi connectivity index (χ1) is 7.13. The Balaban J connectivity index is 2.35. The van der Waals surface area contributed by atoms with Crippen LogP contribution in [0.15, 0.2) is 0 Å². The molecular weight excluding hydrogens is 268 g/mol. The molecule has 9 heteroatoms. The van der Waals surface area contributed by atoms with Crippen LogP contribution in [-0.2, 0) is 17.8 Å². The molecule has 1 aliphatic rings. The number of carbonyl (C=O) groups is 1. The Morgan fingerprint density at radius 1 is 1.60 bits per heavy atom. The number of rotatable bonds is 2. The molecule has 0 radical (unpaired) electrons. The second-order valence-corrected chi connectivity index (χ2v) is 12.1. The summed E-state index contributed by atoms with van der Waals surface area (Å²) in [4.78, 5) is 13.2. The van der Waals surface area contributed by atoms with Crippen molar-refractivity contribution in [3.8, 4) is 0 Å². The van der Waals surface area contributed by atoms with E-state index in [9.17, 15) is 4.79 Å². The van der Waals surface area contributed by atoms with Gasteiger partial charge in [-0.15, -0.1) is 14.0 Å². The topological polar surface area (TPSA) is 51.0 Å². The average Bonchev–Trinajstić information content (AvgIpc) is 2.61. The van der Waals surface area contributed by atoms with Crippen LogP contribution in [-0.4, -0.2) is 32.6 Å². The van der Waals surface area contributed by atoms with Gasteiger partial charge in [0.1, 0.15) is 0 Å². The van der Waals surface area contributed by atoms with Crippen LogP contribution in [0.1, 0.15) is 11.4 Å². The van der Waals surface area contributed by atoms with Crippen LogP contribution in [0.25, 0.3) is 0 Å². The largest absolute Gasteiger partial charge is 0.339 e. The zero-order valence-corrected chi connectivity index (χ0v) is 12.4. The zero-order valence-electron chi connectivity index (χ0n) is 8.21. The van der Waals surface area contributed by atoms with Gasteiger partial charge in [0.05, 0.1) is 31.8 Å². The minimum atomic E-state index is -0.372. The number of nitrogens with zero attached hydrogens (tertiary/aromatic N) is 4. The molecule has 0 N–H and O–H groups in total. The third-order valence-electron chi connectivity index (χ3n) is 2.29. The summed E-state index contributed by atoms with van der Waals surface area (Å²) in [6.45, 7) is 0.629. The summed E-state index contributed by atoms with van der Waals surface area (Å²) in [7, 11) is 7.72. The van der Waals surface area contributed by atoms with Gasteiger partial charge in [-0.2, -0.15) is 0 Å². The zero-order chi connectivity index (χ0) is 11.0. The molecule has 15 heavy (non-hydrogen) atoms. The Hall–Kier alpha value is 0.330. The third-order valence-corrected chi connectivity index (χ3v) is 11.7. The normalized spacial score (nSPS) is 18.6. The van der Waals surface area contributed by atoms with Crippen molar-refractivity contribution in [2.45, 2.75) is 13.0 Å². The quantitative estimate of drug-likeness (QED) is 0.765. The summed E-state index contributed by atoms with van der Waals surface area (Å²) in [6.07, 6.45) is 0.389. The standard InChI is InChI=1S/C6H12N4OP4/c1-9-3-5-4(2-6(9)11)7-8-10(5)15(13)14-12/h14H,2-3,12-13H2,1H3. The van der Waals surface area contributed by atoms with Crippen molar-refractivity contribution in [3.05, 3.63) is 11.4 Å². The van der Waals surface area contributed by atoms with Crippen LogP contribution in [0.2, 0.25) is 0 Å². The van der Waals surface area contributed by atoms with Gasteiger partial charge in [-0.1, -0.05) is 14.1 Å². The summed E-state index contributed by atoms with van der Waals surface area (Å²) >= 11 is 0. The molecule has 4 atom stereocenters. The van der Waals surface area contributed by atoms with E-state index in [4.69, 9.17) is 0 Å². The molecule has 0 aromatic carbocycles. The molecule has 0 fully saturated rings. The molecule has 4 unspecified atom stereocenters. The molecule has 1 aromatic rings. The lowest BCUT2D eigenvalue weighted by atomic mass is 10.1. The van der Waals surface area contributed by atoms with Crippen molar-refractivity contribution in [1.29, 1.82) is 0 Å². The van der Waals surface area contributed by atoms with Crippen LogP contribution in [0.5, 0.6) is 0 Å². The molecule has 0 saturated heterocycles.